The minimum absolute atomic E-state index is 0.0532. The Morgan fingerprint density at radius 3 is 2.09 bits per heavy atom. The summed E-state index contributed by atoms with van der Waals surface area (Å²) in [4.78, 5) is 40.5. The molecule has 0 spiro atoms. The second-order valence-corrected chi connectivity index (χ2v) is 11.4. The monoisotopic (exact) mass is 612 g/mol. The summed E-state index contributed by atoms with van der Waals surface area (Å²) in [6, 6.07) is 5.09. The molecule has 3 rings (SSSR count). The quantitative estimate of drug-likeness (QED) is 0.241. The highest BCUT2D eigenvalue weighted by Gasteiger charge is 2.20. The summed E-state index contributed by atoms with van der Waals surface area (Å²) in [5.74, 6) is 1.13. The molecule has 2 aliphatic rings. The van der Waals surface area contributed by atoms with Gasteiger partial charge < -0.3 is 15.1 Å². The minimum atomic E-state index is 0.0532. The number of nitrogens with one attached hydrogen (secondary N) is 1. The van der Waals surface area contributed by atoms with Crippen molar-refractivity contribution in [3.05, 3.63) is 65.5 Å². The van der Waals surface area contributed by atoms with Crippen LogP contribution >= 0.6 is 0 Å². The zero-order valence-corrected chi connectivity index (χ0v) is 30.1. The summed E-state index contributed by atoms with van der Waals surface area (Å²) in [7, 11) is 3.74. The molecule has 3 atom stereocenters. The number of aromatic nitrogens is 1. The Kier molecular flexibility index (Phi) is 24.8. The molecule has 1 fully saturated rings. The topological polar surface area (TPSA) is 82.6 Å². The Hall–Kier alpha value is -3.06. The van der Waals surface area contributed by atoms with Gasteiger partial charge in [-0.15, -0.1) is 0 Å². The predicted molar refractivity (Wildman–Crippen MR) is 188 cm³/mol. The molecule has 2 heterocycles. The van der Waals surface area contributed by atoms with E-state index >= 15 is 0 Å². The van der Waals surface area contributed by atoms with Gasteiger partial charge in [0.05, 0.1) is 0 Å². The number of ketones is 1. The number of carbonyl (C=O) groups is 3. The van der Waals surface area contributed by atoms with Gasteiger partial charge in [-0.3, -0.25) is 19.4 Å². The Balaban J connectivity index is 0. The largest absolute Gasteiger partial charge is 0.343 e. The Labute approximate surface area is 270 Å². The van der Waals surface area contributed by atoms with Crippen molar-refractivity contribution in [3.8, 4) is 0 Å². The van der Waals surface area contributed by atoms with Crippen LogP contribution in [-0.4, -0.2) is 71.6 Å². The van der Waals surface area contributed by atoms with Gasteiger partial charge in [0.2, 0.25) is 11.8 Å². The highest BCUT2D eigenvalue weighted by molar-refractivity contribution is 5.96. The van der Waals surface area contributed by atoms with Crippen molar-refractivity contribution in [1.82, 2.24) is 20.1 Å². The van der Waals surface area contributed by atoms with Crippen molar-refractivity contribution in [3.63, 3.8) is 0 Å². The van der Waals surface area contributed by atoms with Crippen LogP contribution < -0.4 is 5.32 Å². The predicted octanol–water partition coefficient (Wildman–Crippen LogP) is 7.68. The summed E-state index contributed by atoms with van der Waals surface area (Å²) in [6.45, 7) is 24.8. The van der Waals surface area contributed by atoms with E-state index in [2.05, 4.69) is 43.7 Å². The maximum atomic E-state index is 10.9. The second-order valence-electron chi connectivity index (χ2n) is 11.4. The van der Waals surface area contributed by atoms with E-state index in [9.17, 15) is 14.4 Å². The number of amides is 2. The molecule has 2 amide bonds. The number of Topliss-reactive ketones (excluding diaryl/α,β-unsaturated/α-hetero) is 1. The first-order valence-electron chi connectivity index (χ1n) is 16.4. The average Bonchev–Trinajstić information content (AvgIpc) is 3.68. The summed E-state index contributed by atoms with van der Waals surface area (Å²) < 4.78 is 0. The first-order valence-corrected chi connectivity index (χ1v) is 16.4. The molecule has 0 saturated carbocycles. The van der Waals surface area contributed by atoms with Gasteiger partial charge in [0, 0.05) is 64.0 Å². The lowest BCUT2D eigenvalue weighted by Gasteiger charge is -2.25. The van der Waals surface area contributed by atoms with Crippen LogP contribution in [0.3, 0.4) is 0 Å². The van der Waals surface area contributed by atoms with Crippen molar-refractivity contribution in [2.24, 2.45) is 0 Å². The molecule has 1 aromatic rings. The number of hydrogen-bond donors (Lipinski definition) is 1. The second kappa shape index (κ2) is 25.3. The highest BCUT2D eigenvalue weighted by atomic mass is 16.2. The van der Waals surface area contributed by atoms with Crippen LogP contribution in [0, 0.1) is 0 Å². The fraction of sp³-hybridized carbons (Fsp3) is 0.622. The Bertz CT molecular complexity index is 1040. The molecule has 0 bridgehead atoms. The smallest absolute Gasteiger partial charge is 0.219 e. The van der Waals surface area contributed by atoms with Gasteiger partial charge in [0.1, 0.15) is 0 Å². The molecule has 7 nitrogen and oxygen atoms in total. The van der Waals surface area contributed by atoms with Gasteiger partial charge in [0.15, 0.2) is 5.78 Å². The first kappa shape index (κ1) is 43.1. The number of carbonyl (C=O) groups excluding carboxylic acids is 3. The molecule has 1 saturated heterocycles. The fourth-order valence-electron chi connectivity index (χ4n) is 4.69. The number of hydrogen-bond acceptors (Lipinski definition) is 5. The number of likely N-dealkylation sites (N-methyl/N-ethyl adjacent to an activating group) is 1. The number of rotatable bonds is 8. The lowest BCUT2D eigenvalue weighted by Crippen LogP contribution is -2.36. The molecular formula is C37H64N4O3. The number of allylic oxidation sites excluding steroid dienone is 5. The van der Waals surface area contributed by atoms with E-state index < -0.39 is 0 Å². The fourth-order valence-corrected chi connectivity index (χ4v) is 4.69. The summed E-state index contributed by atoms with van der Waals surface area (Å²) in [5.41, 5.74) is 4.61. The standard InChI is InChI=1S/C10H14O.C9H19NO.C9H11N.C7H14N2O.C2H6/c1-5-10(9(4)11)7-6-8(2)3;1-5-7-9(6-2)10(4)8(3)11;1-7-4-5-9-8(7)3-2-6-10-9;1-6(10)9(2)7-3-4-8-5-7;1-2/h5-7H,1H2,2-4H3;9H,5-7H2,1-4H3;2-3,6-7H,4-5H2,1H3;7-8H,3-5H2,1-2H3;1-2H3/b10-7+;;;;/t;9-;;;/m.1.../s1. The van der Waals surface area contributed by atoms with Crippen LogP contribution in [0.2, 0.25) is 0 Å². The van der Waals surface area contributed by atoms with Crippen LogP contribution in [0.25, 0.3) is 0 Å². The zero-order chi connectivity index (χ0) is 34.2. The van der Waals surface area contributed by atoms with Crippen LogP contribution in [-0.2, 0) is 20.8 Å². The number of nitrogens with zero attached hydrogens (tertiary/aromatic N) is 3. The van der Waals surface area contributed by atoms with E-state index in [1.807, 2.05) is 65.0 Å². The number of pyridine rings is 1. The first-order chi connectivity index (χ1) is 20.8. The van der Waals surface area contributed by atoms with Crippen LogP contribution in [0.5, 0.6) is 0 Å². The highest BCUT2D eigenvalue weighted by Crippen LogP contribution is 2.30. The maximum absolute atomic E-state index is 10.9. The molecule has 1 N–H and O–H groups in total. The summed E-state index contributed by atoms with van der Waals surface area (Å²) >= 11 is 0. The summed E-state index contributed by atoms with van der Waals surface area (Å²) in [6.07, 6.45) is 14.0. The zero-order valence-electron chi connectivity index (χ0n) is 30.1. The van der Waals surface area contributed by atoms with Gasteiger partial charge in [0.25, 0.3) is 0 Å². The van der Waals surface area contributed by atoms with Crippen LogP contribution in [0.4, 0.5) is 0 Å². The third-order valence-corrected chi connectivity index (χ3v) is 7.71. The van der Waals surface area contributed by atoms with Gasteiger partial charge in [-0.1, -0.05) is 77.5 Å². The van der Waals surface area contributed by atoms with Crippen molar-refractivity contribution in [2.45, 2.75) is 126 Å². The van der Waals surface area contributed by atoms with Gasteiger partial charge in [-0.05, 0) is 77.0 Å². The molecular weight excluding hydrogens is 548 g/mol. The molecule has 0 aromatic carbocycles. The molecule has 2 unspecified atom stereocenters. The normalized spacial score (nSPS) is 16.8. The maximum Gasteiger partial charge on any atom is 0.219 e. The lowest BCUT2D eigenvalue weighted by atomic mass is 10.1. The third-order valence-electron chi connectivity index (χ3n) is 7.71. The van der Waals surface area contributed by atoms with E-state index in [0.717, 1.165) is 44.7 Å². The number of fused-ring (bicyclic) bond motifs is 1. The lowest BCUT2D eigenvalue weighted by molar-refractivity contribution is -0.130. The Morgan fingerprint density at radius 2 is 1.68 bits per heavy atom. The van der Waals surface area contributed by atoms with E-state index in [-0.39, 0.29) is 17.6 Å². The van der Waals surface area contributed by atoms with E-state index in [1.54, 1.807) is 30.9 Å². The molecule has 0 radical (unpaired) electrons. The van der Waals surface area contributed by atoms with Gasteiger partial charge in [-0.2, -0.15) is 0 Å². The summed E-state index contributed by atoms with van der Waals surface area (Å²) in [5, 5.41) is 3.21. The van der Waals surface area contributed by atoms with Gasteiger partial charge >= 0.3 is 0 Å². The van der Waals surface area contributed by atoms with Crippen LogP contribution in [0.1, 0.15) is 119 Å². The molecule has 1 aliphatic heterocycles. The molecule has 44 heavy (non-hydrogen) atoms. The van der Waals surface area contributed by atoms with E-state index in [0.29, 0.717) is 17.7 Å². The molecule has 1 aliphatic carbocycles. The van der Waals surface area contributed by atoms with Crippen molar-refractivity contribution >= 4 is 17.6 Å². The van der Waals surface area contributed by atoms with Gasteiger partial charge in [-0.25, -0.2) is 0 Å². The van der Waals surface area contributed by atoms with Crippen LogP contribution in [0.15, 0.2) is 54.3 Å². The van der Waals surface area contributed by atoms with Crippen molar-refractivity contribution in [2.75, 3.05) is 27.2 Å². The number of aryl methyl sites for hydroxylation is 1. The molecule has 1 aromatic heterocycles. The van der Waals surface area contributed by atoms with E-state index in [4.69, 9.17) is 0 Å². The average molecular weight is 613 g/mol. The minimum Gasteiger partial charge on any atom is -0.343 e. The molecule has 250 valence electrons. The molecule has 7 heteroatoms. The van der Waals surface area contributed by atoms with E-state index in [1.165, 1.54) is 36.6 Å². The Morgan fingerprint density at radius 1 is 1.05 bits per heavy atom. The SMILES string of the molecule is C=C/C(=C\C=C(C)C)C(C)=O.CC.CC(=O)N(C)C1CCNC1.CC1CCc2ncccc21.CCC[C@@H](CC)N(C)C(C)=O. The van der Waals surface area contributed by atoms with Crippen molar-refractivity contribution < 1.29 is 14.4 Å². The third kappa shape index (κ3) is 17.9. The van der Waals surface area contributed by atoms with Crippen molar-refractivity contribution in [1.29, 1.82) is 0 Å².